The number of rotatable bonds is 3. The van der Waals surface area contributed by atoms with Gasteiger partial charge in [-0.05, 0) is 24.3 Å². The van der Waals surface area contributed by atoms with Crippen LogP contribution >= 0.6 is 11.6 Å². The summed E-state index contributed by atoms with van der Waals surface area (Å²) in [7, 11) is 0. The van der Waals surface area contributed by atoms with E-state index in [1.807, 2.05) is 12.1 Å². The number of carbonyl (C=O) groups excluding carboxylic acids is 1. The lowest BCUT2D eigenvalue weighted by Crippen LogP contribution is -1.86. The fourth-order valence-corrected chi connectivity index (χ4v) is 1.48. The highest BCUT2D eigenvalue weighted by atomic mass is 35.5. The predicted octanol–water partition coefficient (Wildman–Crippen LogP) is 3.94. The maximum atomic E-state index is 10.6. The summed E-state index contributed by atoms with van der Waals surface area (Å²) < 4.78 is 5.56. The van der Waals surface area contributed by atoms with Crippen molar-refractivity contribution < 1.29 is 9.53 Å². The molecule has 0 aromatic heterocycles. The van der Waals surface area contributed by atoms with E-state index in [1.54, 1.807) is 36.4 Å². The molecule has 0 saturated carbocycles. The van der Waals surface area contributed by atoms with Gasteiger partial charge in [0.25, 0.3) is 0 Å². The van der Waals surface area contributed by atoms with Crippen LogP contribution < -0.4 is 4.74 Å². The first kappa shape index (κ1) is 10.7. The van der Waals surface area contributed by atoms with E-state index in [9.17, 15) is 4.79 Å². The van der Waals surface area contributed by atoms with E-state index in [-0.39, 0.29) is 0 Å². The standard InChI is InChI=1S/C13H9ClO2/c14-12-6-1-2-7-13(12)16-11-5-3-4-10(8-11)9-15/h1-9H. The summed E-state index contributed by atoms with van der Waals surface area (Å²) in [4.78, 5) is 10.6. The van der Waals surface area contributed by atoms with Gasteiger partial charge in [-0.1, -0.05) is 35.9 Å². The summed E-state index contributed by atoms with van der Waals surface area (Å²) in [6, 6.07) is 14.1. The zero-order chi connectivity index (χ0) is 11.4. The zero-order valence-corrected chi connectivity index (χ0v) is 9.15. The third-order valence-corrected chi connectivity index (χ3v) is 2.37. The van der Waals surface area contributed by atoms with Crippen molar-refractivity contribution in [2.24, 2.45) is 0 Å². The van der Waals surface area contributed by atoms with Crippen molar-refractivity contribution in [2.75, 3.05) is 0 Å². The van der Waals surface area contributed by atoms with Crippen LogP contribution in [0.4, 0.5) is 0 Å². The van der Waals surface area contributed by atoms with E-state index in [4.69, 9.17) is 16.3 Å². The molecule has 0 aliphatic carbocycles. The van der Waals surface area contributed by atoms with Crippen LogP contribution in [0.1, 0.15) is 10.4 Å². The normalized spacial score (nSPS) is 9.81. The minimum absolute atomic E-state index is 0.541. The van der Waals surface area contributed by atoms with Crippen molar-refractivity contribution in [1.29, 1.82) is 0 Å². The molecule has 0 spiro atoms. The Balaban J connectivity index is 2.27. The van der Waals surface area contributed by atoms with Crippen LogP contribution in [0.3, 0.4) is 0 Å². The number of carbonyl (C=O) groups is 1. The number of para-hydroxylation sites is 1. The Morgan fingerprint density at radius 2 is 1.88 bits per heavy atom. The number of halogens is 1. The predicted molar refractivity (Wildman–Crippen MR) is 63.4 cm³/mol. The number of hydrogen-bond acceptors (Lipinski definition) is 2. The van der Waals surface area contributed by atoms with Crippen LogP contribution in [0.5, 0.6) is 11.5 Å². The quantitative estimate of drug-likeness (QED) is 0.749. The van der Waals surface area contributed by atoms with Crippen LogP contribution in [-0.4, -0.2) is 6.29 Å². The van der Waals surface area contributed by atoms with E-state index < -0.39 is 0 Å². The minimum Gasteiger partial charge on any atom is -0.456 e. The molecule has 16 heavy (non-hydrogen) atoms. The molecule has 0 amide bonds. The molecule has 2 nitrogen and oxygen atoms in total. The van der Waals surface area contributed by atoms with E-state index >= 15 is 0 Å². The van der Waals surface area contributed by atoms with Gasteiger partial charge in [-0.2, -0.15) is 0 Å². The molecule has 0 saturated heterocycles. The average Bonchev–Trinajstić information content (AvgIpc) is 2.32. The lowest BCUT2D eigenvalue weighted by Gasteiger charge is -2.07. The van der Waals surface area contributed by atoms with Crippen molar-refractivity contribution in [3.63, 3.8) is 0 Å². The van der Waals surface area contributed by atoms with E-state index in [0.717, 1.165) is 6.29 Å². The van der Waals surface area contributed by atoms with Crippen LogP contribution in [0.2, 0.25) is 5.02 Å². The maximum Gasteiger partial charge on any atom is 0.150 e. The van der Waals surface area contributed by atoms with E-state index in [1.165, 1.54) is 0 Å². The molecule has 2 aromatic rings. The first-order valence-corrected chi connectivity index (χ1v) is 5.15. The summed E-state index contributed by atoms with van der Waals surface area (Å²) in [5.74, 6) is 1.17. The van der Waals surface area contributed by atoms with Crippen molar-refractivity contribution in [3.05, 3.63) is 59.1 Å². The number of ether oxygens (including phenoxy) is 1. The summed E-state index contributed by atoms with van der Waals surface area (Å²) in [6.07, 6.45) is 0.777. The molecule has 0 aliphatic heterocycles. The third kappa shape index (κ3) is 2.41. The molecule has 0 bridgehead atoms. The van der Waals surface area contributed by atoms with Gasteiger partial charge in [-0.25, -0.2) is 0 Å². The van der Waals surface area contributed by atoms with Crippen molar-refractivity contribution in [1.82, 2.24) is 0 Å². The second kappa shape index (κ2) is 4.81. The molecule has 0 N–H and O–H groups in total. The molecule has 2 aromatic carbocycles. The highest BCUT2D eigenvalue weighted by Crippen LogP contribution is 2.28. The van der Waals surface area contributed by atoms with Gasteiger partial charge >= 0.3 is 0 Å². The first-order valence-electron chi connectivity index (χ1n) is 4.77. The van der Waals surface area contributed by atoms with Gasteiger partial charge in [0.2, 0.25) is 0 Å². The molecular weight excluding hydrogens is 224 g/mol. The number of hydrogen-bond donors (Lipinski definition) is 0. The molecule has 0 atom stereocenters. The van der Waals surface area contributed by atoms with Gasteiger partial charge in [0.05, 0.1) is 5.02 Å². The van der Waals surface area contributed by atoms with Crippen LogP contribution in [-0.2, 0) is 0 Å². The highest BCUT2D eigenvalue weighted by Gasteiger charge is 2.02. The minimum atomic E-state index is 0.541. The molecule has 80 valence electrons. The Labute approximate surface area is 98.4 Å². The smallest absolute Gasteiger partial charge is 0.150 e. The fraction of sp³-hybridized carbons (Fsp3) is 0. The second-order valence-corrected chi connectivity index (χ2v) is 3.63. The maximum absolute atomic E-state index is 10.6. The van der Waals surface area contributed by atoms with Gasteiger partial charge in [0.15, 0.2) is 0 Å². The van der Waals surface area contributed by atoms with Crippen molar-refractivity contribution in [2.45, 2.75) is 0 Å². The molecule has 0 heterocycles. The van der Waals surface area contributed by atoms with Gasteiger partial charge in [0.1, 0.15) is 17.8 Å². The summed E-state index contributed by atoms with van der Waals surface area (Å²) in [6.45, 7) is 0. The molecule has 0 fully saturated rings. The Bertz CT molecular complexity index is 509. The molecule has 2 rings (SSSR count). The highest BCUT2D eigenvalue weighted by molar-refractivity contribution is 6.32. The first-order chi connectivity index (χ1) is 7.79. The molecule has 0 radical (unpaired) electrons. The zero-order valence-electron chi connectivity index (χ0n) is 8.39. The Morgan fingerprint density at radius 1 is 1.06 bits per heavy atom. The van der Waals surface area contributed by atoms with Gasteiger partial charge in [-0.3, -0.25) is 4.79 Å². The Kier molecular flexibility index (Phi) is 3.22. The lowest BCUT2D eigenvalue weighted by molar-refractivity contribution is 0.112. The largest absolute Gasteiger partial charge is 0.456 e. The number of benzene rings is 2. The molecule has 0 aliphatic rings. The topological polar surface area (TPSA) is 26.3 Å². The van der Waals surface area contributed by atoms with Crippen molar-refractivity contribution >= 4 is 17.9 Å². The summed E-state index contributed by atoms with van der Waals surface area (Å²) in [5, 5.41) is 0.541. The monoisotopic (exact) mass is 232 g/mol. The third-order valence-electron chi connectivity index (χ3n) is 2.06. The molecular formula is C13H9ClO2. The number of aldehydes is 1. The molecule has 3 heteroatoms. The SMILES string of the molecule is O=Cc1cccc(Oc2ccccc2Cl)c1. The van der Waals surface area contributed by atoms with Crippen LogP contribution in [0.15, 0.2) is 48.5 Å². The second-order valence-electron chi connectivity index (χ2n) is 3.22. The van der Waals surface area contributed by atoms with Gasteiger partial charge in [-0.15, -0.1) is 0 Å². The fourth-order valence-electron chi connectivity index (χ4n) is 1.31. The van der Waals surface area contributed by atoms with Crippen molar-refractivity contribution in [3.8, 4) is 11.5 Å². The lowest BCUT2D eigenvalue weighted by atomic mass is 10.2. The van der Waals surface area contributed by atoms with Crippen LogP contribution in [0.25, 0.3) is 0 Å². The summed E-state index contributed by atoms with van der Waals surface area (Å²) in [5.41, 5.74) is 0.574. The van der Waals surface area contributed by atoms with Gasteiger partial charge in [0, 0.05) is 5.56 Å². The molecule has 0 unspecified atom stereocenters. The van der Waals surface area contributed by atoms with Crippen LogP contribution in [0, 0.1) is 0 Å². The average molecular weight is 233 g/mol. The summed E-state index contributed by atoms with van der Waals surface area (Å²) >= 11 is 5.95. The Morgan fingerprint density at radius 3 is 2.62 bits per heavy atom. The van der Waals surface area contributed by atoms with E-state index in [2.05, 4.69) is 0 Å². The Hall–Kier alpha value is -1.80. The van der Waals surface area contributed by atoms with Gasteiger partial charge < -0.3 is 4.74 Å². The van der Waals surface area contributed by atoms with E-state index in [0.29, 0.717) is 22.1 Å².